The number of hydrogen-bond acceptors (Lipinski definition) is 4. The zero-order valence-corrected chi connectivity index (χ0v) is 13.3. The van der Waals surface area contributed by atoms with E-state index in [1.807, 2.05) is 36.4 Å². The van der Waals surface area contributed by atoms with Gasteiger partial charge in [0, 0.05) is 16.0 Å². The number of aromatic nitrogens is 1. The molecule has 0 radical (unpaired) electrons. The molecule has 3 rings (SSSR count). The van der Waals surface area contributed by atoms with Crippen LogP contribution < -0.4 is 10.5 Å². The largest absolute Gasteiger partial charge is 0.497 e. The molecule has 3 nitrogen and oxygen atoms in total. The van der Waals surface area contributed by atoms with Crippen LogP contribution in [-0.2, 0) is 6.42 Å². The fraction of sp³-hybridized carbons (Fsp3) is 0.167. The van der Waals surface area contributed by atoms with Crippen molar-refractivity contribution in [3.8, 4) is 27.6 Å². The molecule has 0 saturated heterocycles. The Labute approximate surface area is 134 Å². The Morgan fingerprint density at radius 3 is 2.55 bits per heavy atom. The molecule has 0 amide bonds. The van der Waals surface area contributed by atoms with Crippen LogP contribution >= 0.6 is 11.3 Å². The number of ether oxygens (including phenoxy) is 1. The van der Waals surface area contributed by atoms with Crippen molar-refractivity contribution >= 4 is 11.3 Å². The summed E-state index contributed by atoms with van der Waals surface area (Å²) in [5.41, 5.74) is 8.98. The van der Waals surface area contributed by atoms with Crippen molar-refractivity contribution in [3.63, 3.8) is 0 Å². The van der Waals surface area contributed by atoms with Crippen LogP contribution in [0.4, 0.5) is 0 Å². The molecular weight excluding hydrogens is 292 g/mol. The third kappa shape index (κ3) is 3.03. The van der Waals surface area contributed by atoms with Gasteiger partial charge in [0.1, 0.15) is 10.8 Å². The van der Waals surface area contributed by atoms with Gasteiger partial charge in [0.2, 0.25) is 0 Å². The van der Waals surface area contributed by atoms with Gasteiger partial charge in [-0.05, 0) is 25.1 Å². The van der Waals surface area contributed by atoms with Crippen LogP contribution in [0.25, 0.3) is 21.8 Å². The second-order valence-electron chi connectivity index (χ2n) is 4.93. The maximum absolute atomic E-state index is 5.77. The summed E-state index contributed by atoms with van der Waals surface area (Å²) in [6, 6.07) is 18.3. The lowest BCUT2D eigenvalue weighted by atomic mass is 10.1. The summed E-state index contributed by atoms with van der Waals surface area (Å²) in [7, 11) is 1.68. The van der Waals surface area contributed by atoms with Gasteiger partial charge in [-0.1, -0.05) is 42.5 Å². The minimum atomic E-state index is 0.618. The smallest absolute Gasteiger partial charge is 0.124 e. The fourth-order valence-corrected chi connectivity index (χ4v) is 3.46. The predicted octanol–water partition coefficient (Wildman–Crippen LogP) is 3.99. The molecule has 0 aliphatic heterocycles. The normalized spacial score (nSPS) is 10.6. The molecule has 0 spiro atoms. The molecule has 2 aromatic carbocycles. The van der Waals surface area contributed by atoms with Gasteiger partial charge in [0.05, 0.1) is 12.8 Å². The number of benzene rings is 2. The predicted molar refractivity (Wildman–Crippen MR) is 92.3 cm³/mol. The summed E-state index contributed by atoms with van der Waals surface area (Å²) in [5.74, 6) is 0.838. The second kappa shape index (κ2) is 6.73. The van der Waals surface area contributed by atoms with E-state index in [-0.39, 0.29) is 0 Å². The van der Waals surface area contributed by atoms with Crippen LogP contribution in [-0.4, -0.2) is 18.6 Å². The van der Waals surface area contributed by atoms with Crippen LogP contribution in [0.1, 0.15) is 4.88 Å². The van der Waals surface area contributed by atoms with Gasteiger partial charge in [-0.2, -0.15) is 0 Å². The summed E-state index contributed by atoms with van der Waals surface area (Å²) >= 11 is 1.71. The minimum absolute atomic E-state index is 0.618. The lowest BCUT2D eigenvalue weighted by molar-refractivity contribution is 0.415. The quantitative estimate of drug-likeness (QED) is 0.775. The summed E-state index contributed by atoms with van der Waals surface area (Å²) in [6.07, 6.45) is 0.830. The van der Waals surface area contributed by atoms with E-state index in [2.05, 4.69) is 18.2 Å². The van der Waals surface area contributed by atoms with Crippen LogP contribution in [0.15, 0.2) is 54.6 Å². The molecule has 0 atom stereocenters. The fourth-order valence-electron chi connectivity index (χ4n) is 2.35. The van der Waals surface area contributed by atoms with E-state index in [9.17, 15) is 0 Å². The van der Waals surface area contributed by atoms with Crippen LogP contribution in [0, 0.1) is 0 Å². The average Bonchev–Trinajstić information content (AvgIpc) is 3.00. The topological polar surface area (TPSA) is 48.1 Å². The van der Waals surface area contributed by atoms with E-state index in [1.54, 1.807) is 18.4 Å². The van der Waals surface area contributed by atoms with Gasteiger partial charge in [0.25, 0.3) is 0 Å². The Morgan fingerprint density at radius 2 is 1.82 bits per heavy atom. The molecule has 0 bridgehead atoms. The molecule has 4 heteroatoms. The lowest BCUT2D eigenvalue weighted by Gasteiger charge is -2.04. The number of thiazole rings is 1. The van der Waals surface area contributed by atoms with E-state index in [0.29, 0.717) is 6.54 Å². The Balaban J connectivity index is 2.07. The summed E-state index contributed by atoms with van der Waals surface area (Å²) in [6.45, 7) is 0.618. The Bertz CT molecular complexity index is 753. The standard InChI is InChI=1S/C18H18N2OS/c1-21-15-9-5-8-14(12-15)17-16(10-11-19)22-18(20-17)13-6-3-2-4-7-13/h2-9,12H,10-11,19H2,1H3. The maximum atomic E-state index is 5.77. The van der Waals surface area contributed by atoms with E-state index in [0.717, 1.165) is 34.0 Å². The van der Waals surface area contributed by atoms with Gasteiger partial charge in [0.15, 0.2) is 0 Å². The number of methoxy groups -OCH3 is 1. The van der Waals surface area contributed by atoms with E-state index in [4.69, 9.17) is 15.5 Å². The molecular formula is C18H18N2OS. The third-order valence-corrected chi connectivity index (χ3v) is 4.60. The van der Waals surface area contributed by atoms with Crippen molar-refractivity contribution in [2.24, 2.45) is 5.73 Å². The van der Waals surface area contributed by atoms with Crippen LogP contribution in [0.3, 0.4) is 0 Å². The van der Waals surface area contributed by atoms with Gasteiger partial charge in [-0.3, -0.25) is 0 Å². The van der Waals surface area contributed by atoms with Crippen LogP contribution in [0.5, 0.6) is 5.75 Å². The molecule has 0 unspecified atom stereocenters. The molecule has 0 saturated carbocycles. The number of hydrogen-bond donors (Lipinski definition) is 1. The lowest BCUT2D eigenvalue weighted by Crippen LogP contribution is -2.02. The molecule has 1 aromatic heterocycles. The van der Waals surface area contributed by atoms with E-state index >= 15 is 0 Å². The molecule has 22 heavy (non-hydrogen) atoms. The van der Waals surface area contributed by atoms with Crippen molar-refractivity contribution in [2.75, 3.05) is 13.7 Å². The third-order valence-electron chi connectivity index (χ3n) is 3.43. The molecule has 0 fully saturated rings. The first-order chi connectivity index (χ1) is 10.8. The Kier molecular flexibility index (Phi) is 4.51. The molecule has 3 aromatic rings. The molecule has 112 valence electrons. The molecule has 0 aliphatic rings. The van der Waals surface area contributed by atoms with Crippen molar-refractivity contribution in [3.05, 3.63) is 59.5 Å². The molecule has 1 heterocycles. The zero-order valence-electron chi connectivity index (χ0n) is 12.5. The monoisotopic (exact) mass is 310 g/mol. The van der Waals surface area contributed by atoms with Gasteiger partial charge >= 0.3 is 0 Å². The van der Waals surface area contributed by atoms with E-state index < -0.39 is 0 Å². The van der Waals surface area contributed by atoms with Crippen molar-refractivity contribution < 1.29 is 4.74 Å². The first-order valence-electron chi connectivity index (χ1n) is 7.21. The number of nitrogens with zero attached hydrogens (tertiary/aromatic N) is 1. The van der Waals surface area contributed by atoms with Crippen molar-refractivity contribution in [1.29, 1.82) is 0 Å². The van der Waals surface area contributed by atoms with Gasteiger partial charge in [-0.25, -0.2) is 4.98 Å². The SMILES string of the molecule is COc1cccc(-c2nc(-c3ccccc3)sc2CCN)c1. The first-order valence-corrected chi connectivity index (χ1v) is 8.03. The highest BCUT2D eigenvalue weighted by Gasteiger charge is 2.14. The van der Waals surface area contributed by atoms with E-state index in [1.165, 1.54) is 4.88 Å². The minimum Gasteiger partial charge on any atom is -0.497 e. The average molecular weight is 310 g/mol. The Hall–Kier alpha value is -2.17. The maximum Gasteiger partial charge on any atom is 0.124 e. The second-order valence-corrected chi connectivity index (χ2v) is 6.01. The highest BCUT2D eigenvalue weighted by molar-refractivity contribution is 7.15. The highest BCUT2D eigenvalue weighted by atomic mass is 32.1. The summed E-state index contributed by atoms with van der Waals surface area (Å²) in [5, 5.41) is 1.03. The first kappa shape index (κ1) is 14.8. The van der Waals surface area contributed by atoms with Crippen LogP contribution in [0.2, 0.25) is 0 Å². The number of nitrogens with two attached hydrogens (primary N) is 1. The van der Waals surface area contributed by atoms with Gasteiger partial charge in [-0.15, -0.1) is 11.3 Å². The molecule has 2 N–H and O–H groups in total. The number of rotatable bonds is 5. The zero-order chi connectivity index (χ0) is 15.4. The van der Waals surface area contributed by atoms with Crippen molar-refractivity contribution in [2.45, 2.75) is 6.42 Å². The van der Waals surface area contributed by atoms with Gasteiger partial charge < -0.3 is 10.5 Å². The summed E-state index contributed by atoms with van der Waals surface area (Å²) < 4.78 is 5.32. The summed E-state index contributed by atoms with van der Waals surface area (Å²) in [4.78, 5) is 6.07. The Morgan fingerprint density at radius 1 is 1.05 bits per heavy atom. The van der Waals surface area contributed by atoms with Crippen molar-refractivity contribution in [1.82, 2.24) is 4.98 Å². The highest BCUT2D eigenvalue weighted by Crippen LogP contribution is 2.35. The molecule has 0 aliphatic carbocycles.